The topological polar surface area (TPSA) is 44.9 Å². The average molecular weight is 503 g/mol. The van der Waals surface area contributed by atoms with Crippen molar-refractivity contribution in [3.63, 3.8) is 0 Å². The zero-order valence-corrected chi connectivity index (χ0v) is 19.3. The minimum absolute atomic E-state index is 0. The number of rotatable bonds is 6. The van der Waals surface area contributed by atoms with Crippen LogP contribution in [0.5, 0.6) is 0 Å². The molecule has 1 aliphatic rings. The van der Waals surface area contributed by atoms with Gasteiger partial charge in [-0.15, -0.1) is 24.0 Å². The van der Waals surface area contributed by atoms with E-state index >= 15 is 0 Å². The Labute approximate surface area is 190 Å². The van der Waals surface area contributed by atoms with Crippen LogP contribution in [0.15, 0.2) is 65.9 Å². The molecule has 1 N–H and O–H groups in total. The maximum absolute atomic E-state index is 4.88. The largest absolute Gasteiger partial charge is 0.357 e. The van der Waals surface area contributed by atoms with Crippen molar-refractivity contribution < 1.29 is 0 Å². The lowest BCUT2D eigenvalue weighted by Gasteiger charge is -2.21. The summed E-state index contributed by atoms with van der Waals surface area (Å²) in [6.45, 7) is 5.95. The van der Waals surface area contributed by atoms with Crippen LogP contribution in [-0.2, 0) is 12.8 Å². The van der Waals surface area contributed by atoms with Gasteiger partial charge in [0, 0.05) is 45.0 Å². The molecule has 1 atom stereocenters. The normalized spacial score (nSPS) is 16.8. The summed E-state index contributed by atoms with van der Waals surface area (Å²) in [6, 6.07) is 16.9. The number of aromatic nitrogens is 2. The van der Waals surface area contributed by atoms with Crippen LogP contribution in [0.4, 0.5) is 0 Å². The molecule has 0 amide bonds. The number of hydrogen-bond donors (Lipinski definition) is 1. The lowest BCUT2D eigenvalue weighted by molar-refractivity contribution is 0.460. The highest BCUT2D eigenvalue weighted by Crippen LogP contribution is 2.21. The molecule has 6 heteroatoms. The molecule has 29 heavy (non-hydrogen) atoms. The van der Waals surface area contributed by atoms with E-state index < -0.39 is 0 Å². The van der Waals surface area contributed by atoms with Crippen LogP contribution >= 0.6 is 24.0 Å². The molecular formula is C23H30IN5. The molecule has 1 aromatic carbocycles. The zero-order valence-electron chi connectivity index (χ0n) is 17.0. The van der Waals surface area contributed by atoms with Crippen LogP contribution in [0.3, 0.4) is 0 Å². The third-order valence-electron chi connectivity index (χ3n) is 5.33. The second-order valence-electron chi connectivity index (χ2n) is 7.47. The van der Waals surface area contributed by atoms with Crippen molar-refractivity contribution in [2.75, 3.05) is 26.2 Å². The Hall–Kier alpha value is -2.09. The van der Waals surface area contributed by atoms with Crippen molar-refractivity contribution in [1.82, 2.24) is 19.6 Å². The molecule has 1 aliphatic heterocycles. The van der Waals surface area contributed by atoms with Crippen LogP contribution in [0.25, 0.3) is 5.65 Å². The van der Waals surface area contributed by atoms with E-state index in [1.54, 1.807) is 0 Å². The van der Waals surface area contributed by atoms with E-state index in [9.17, 15) is 0 Å². The molecule has 3 heterocycles. The summed E-state index contributed by atoms with van der Waals surface area (Å²) < 4.78 is 2.07. The number of hydrogen-bond acceptors (Lipinski definition) is 2. The lowest BCUT2D eigenvalue weighted by Crippen LogP contribution is -2.40. The summed E-state index contributed by atoms with van der Waals surface area (Å²) >= 11 is 0. The molecule has 1 saturated heterocycles. The quantitative estimate of drug-likeness (QED) is 0.314. The van der Waals surface area contributed by atoms with E-state index in [1.165, 1.54) is 12.0 Å². The molecule has 3 aromatic rings. The number of likely N-dealkylation sites (tertiary alicyclic amines) is 1. The van der Waals surface area contributed by atoms with Gasteiger partial charge < -0.3 is 14.6 Å². The molecule has 0 aliphatic carbocycles. The number of guanidine groups is 1. The summed E-state index contributed by atoms with van der Waals surface area (Å²) in [5.74, 6) is 1.74. The number of benzene rings is 1. The molecule has 0 radical (unpaired) electrons. The van der Waals surface area contributed by atoms with Crippen LogP contribution < -0.4 is 5.32 Å². The summed E-state index contributed by atoms with van der Waals surface area (Å²) in [5, 5.41) is 3.47. The molecule has 5 nitrogen and oxygen atoms in total. The first-order valence-electron chi connectivity index (χ1n) is 10.3. The summed E-state index contributed by atoms with van der Waals surface area (Å²) in [5.41, 5.74) is 3.52. The molecule has 0 saturated carbocycles. The van der Waals surface area contributed by atoms with Gasteiger partial charge in [-0.25, -0.2) is 4.98 Å². The Balaban J connectivity index is 0.00000240. The average Bonchev–Trinajstić information content (AvgIpc) is 3.34. The third-order valence-corrected chi connectivity index (χ3v) is 5.33. The highest BCUT2D eigenvalue weighted by Gasteiger charge is 2.24. The number of nitrogens with zero attached hydrogens (tertiary/aromatic N) is 4. The molecule has 1 unspecified atom stereocenters. The Bertz CT molecular complexity index is 888. The van der Waals surface area contributed by atoms with Crippen LogP contribution in [0, 0.1) is 5.92 Å². The van der Waals surface area contributed by atoms with E-state index in [4.69, 9.17) is 4.99 Å². The number of aliphatic imine (C=N–C) groups is 1. The second kappa shape index (κ2) is 10.6. The molecule has 1 fully saturated rings. The first-order chi connectivity index (χ1) is 13.8. The fourth-order valence-electron chi connectivity index (χ4n) is 3.95. The molecule has 154 valence electrons. The number of imidazole rings is 1. The van der Waals surface area contributed by atoms with Crippen LogP contribution in [-0.4, -0.2) is 46.4 Å². The van der Waals surface area contributed by atoms with E-state index in [-0.39, 0.29) is 24.0 Å². The first-order valence-corrected chi connectivity index (χ1v) is 10.3. The minimum atomic E-state index is 0. The van der Waals surface area contributed by atoms with Crippen molar-refractivity contribution in [3.05, 3.63) is 72.2 Å². The predicted octanol–water partition coefficient (Wildman–Crippen LogP) is 4.02. The van der Waals surface area contributed by atoms with E-state index in [0.717, 1.165) is 56.3 Å². The summed E-state index contributed by atoms with van der Waals surface area (Å²) in [7, 11) is 0. The van der Waals surface area contributed by atoms with Gasteiger partial charge in [0.2, 0.25) is 0 Å². The zero-order chi connectivity index (χ0) is 19.2. The molecule has 0 spiro atoms. The SMILES string of the molecule is CCNC(=NCCc1cn2ccccc2n1)N1CCC(Cc2ccccc2)C1.I. The van der Waals surface area contributed by atoms with Gasteiger partial charge in [0.1, 0.15) is 5.65 Å². The first kappa shape index (κ1) is 21.6. The molecule has 0 bridgehead atoms. The molecule has 2 aromatic heterocycles. The van der Waals surface area contributed by atoms with E-state index in [1.807, 2.05) is 24.4 Å². The van der Waals surface area contributed by atoms with Crippen molar-refractivity contribution in [2.24, 2.45) is 10.9 Å². The number of pyridine rings is 1. The Morgan fingerprint density at radius 1 is 1.17 bits per heavy atom. The lowest BCUT2D eigenvalue weighted by atomic mass is 9.99. The van der Waals surface area contributed by atoms with Crippen molar-refractivity contribution in [3.8, 4) is 0 Å². The molecule has 4 rings (SSSR count). The fraction of sp³-hybridized carbons (Fsp3) is 0.391. The second-order valence-corrected chi connectivity index (χ2v) is 7.47. The Morgan fingerprint density at radius 3 is 2.79 bits per heavy atom. The van der Waals surface area contributed by atoms with Gasteiger partial charge in [0.05, 0.1) is 5.69 Å². The van der Waals surface area contributed by atoms with E-state index in [0.29, 0.717) is 5.92 Å². The maximum Gasteiger partial charge on any atom is 0.193 e. The smallest absolute Gasteiger partial charge is 0.193 e. The fourth-order valence-corrected chi connectivity index (χ4v) is 3.95. The van der Waals surface area contributed by atoms with Gasteiger partial charge >= 0.3 is 0 Å². The van der Waals surface area contributed by atoms with Gasteiger partial charge in [-0.3, -0.25) is 4.99 Å². The van der Waals surface area contributed by atoms with Gasteiger partial charge in [0.15, 0.2) is 5.96 Å². The van der Waals surface area contributed by atoms with Gasteiger partial charge in [-0.05, 0) is 43.4 Å². The van der Waals surface area contributed by atoms with Crippen molar-refractivity contribution >= 4 is 35.6 Å². The van der Waals surface area contributed by atoms with Gasteiger partial charge in [-0.1, -0.05) is 36.4 Å². The standard InChI is InChI=1S/C23H29N5.HI/c1-2-24-23(25-13-11-21-18-27-14-7-6-10-22(27)26-21)28-15-12-20(17-28)16-19-8-4-3-5-9-19;/h3-10,14,18,20H,2,11-13,15-17H2,1H3,(H,24,25);1H. The van der Waals surface area contributed by atoms with E-state index in [2.05, 4.69) is 63.1 Å². The highest BCUT2D eigenvalue weighted by molar-refractivity contribution is 14.0. The summed E-state index contributed by atoms with van der Waals surface area (Å²) in [4.78, 5) is 12.0. The number of fused-ring (bicyclic) bond motifs is 1. The monoisotopic (exact) mass is 503 g/mol. The number of nitrogens with one attached hydrogen (secondary N) is 1. The van der Waals surface area contributed by atoms with Crippen LogP contribution in [0.1, 0.15) is 24.6 Å². The van der Waals surface area contributed by atoms with Crippen molar-refractivity contribution in [1.29, 1.82) is 0 Å². The van der Waals surface area contributed by atoms with Gasteiger partial charge in [0.25, 0.3) is 0 Å². The molecular weight excluding hydrogens is 473 g/mol. The number of halogens is 1. The Kier molecular flexibility index (Phi) is 7.91. The van der Waals surface area contributed by atoms with Crippen LogP contribution in [0.2, 0.25) is 0 Å². The third kappa shape index (κ3) is 5.72. The summed E-state index contributed by atoms with van der Waals surface area (Å²) in [6.07, 6.45) is 7.38. The maximum atomic E-state index is 4.88. The predicted molar refractivity (Wildman–Crippen MR) is 130 cm³/mol. The minimum Gasteiger partial charge on any atom is -0.357 e. The Morgan fingerprint density at radius 2 is 2.00 bits per heavy atom. The van der Waals surface area contributed by atoms with Crippen molar-refractivity contribution in [2.45, 2.75) is 26.2 Å². The van der Waals surface area contributed by atoms with Gasteiger partial charge in [-0.2, -0.15) is 0 Å². The highest BCUT2D eigenvalue weighted by atomic mass is 127.